The van der Waals surface area contributed by atoms with E-state index in [1.165, 1.54) is 19.2 Å². The van der Waals surface area contributed by atoms with Gasteiger partial charge in [0.25, 0.3) is 0 Å². The van der Waals surface area contributed by atoms with Crippen molar-refractivity contribution in [2.24, 2.45) is 5.92 Å². The van der Waals surface area contributed by atoms with Gasteiger partial charge in [0.1, 0.15) is 22.8 Å². The number of hydrogen-bond donors (Lipinski definition) is 3. The van der Waals surface area contributed by atoms with E-state index in [4.69, 9.17) is 9.72 Å². The minimum Gasteiger partial charge on any atom is -0.497 e. The fraction of sp³-hybridized carbons (Fsp3) is 0.138. The van der Waals surface area contributed by atoms with Crippen LogP contribution in [0.2, 0.25) is 0 Å². The van der Waals surface area contributed by atoms with Crippen molar-refractivity contribution in [3.05, 3.63) is 72.9 Å². The average Bonchev–Trinajstić information content (AvgIpc) is 3.56. The van der Waals surface area contributed by atoms with Crippen LogP contribution < -0.4 is 10.1 Å². The van der Waals surface area contributed by atoms with Crippen molar-refractivity contribution in [3.63, 3.8) is 0 Å². The molecule has 1 amide bonds. The summed E-state index contributed by atoms with van der Waals surface area (Å²) < 4.78 is 19.5. The number of nitrogens with zero attached hydrogens (tertiary/aromatic N) is 4. The predicted octanol–water partition coefficient (Wildman–Crippen LogP) is 5.97. The molecular formula is C29H24FN7O2. The van der Waals surface area contributed by atoms with Crippen LogP contribution in [-0.4, -0.2) is 43.2 Å². The molecule has 4 heterocycles. The molecule has 0 aliphatic carbocycles. The van der Waals surface area contributed by atoms with Crippen molar-refractivity contribution >= 4 is 33.7 Å². The molecule has 0 aliphatic rings. The van der Waals surface area contributed by atoms with E-state index in [9.17, 15) is 9.18 Å². The number of aromatic nitrogens is 6. The molecule has 0 saturated carbocycles. The number of nitrogens with one attached hydrogen (secondary N) is 3. The zero-order valence-electron chi connectivity index (χ0n) is 21.4. The largest absolute Gasteiger partial charge is 0.497 e. The quantitative estimate of drug-likeness (QED) is 0.248. The molecule has 9 nitrogen and oxygen atoms in total. The minimum atomic E-state index is -0.404. The predicted molar refractivity (Wildman–Crippen MR) is 148 cm³/mol. The van der Waals surface area contributed by atoms with Gasteiger partial charge in [0.05, 0.1) is 24.5 Å². The molecule has 0 unspecified atom stereocenters. The first-order valence-corrected chi connectivity index (χ1v) is 12.3. The molecule has 0 saturated heterocycles. The van der Waals surface area contributed by atoms with Crippen molar-refractivity contribution in [2.45, 2.75) is 13.8 Å². The lowest BCUT2D eigenvalue weighted by Crippen LogP contribution is -2.17. The van der Waals surface area contributed by atoms with Gasteiger partial charge in [-0.15, -0.1) is 0 Å². The van der Waals surface area contributed by atoms with E-state index in [0.29, 0.717) is 45.2 Å². The molecule has 0 aliphatic heterocycles. The van der Waals surface area contributed by atoms with Crippen molar-refractivity contribution in [2.75, 3.05) is 12.4 Å². The maximum Gasteiger partial charge on any atom is 0.226 e. The third-order valence-corrected chi connectivity index (χ3v) is 6.45. The number of anilines is 1. The van der Waals surface area contributed by atoms with Crippen LogP contribution in [0.1, 0.15) is 13.8 Å². The number of halogens is 1. The van der Waals surface area contributed by atoms with E-state index in [0.717, 1.165) is 22.0 Å². The Hall–Kier alpha value is -5.12. The Labute approximate surface area is 222 Å². The molecule has 2 aromatic carbocycles. The minimum absolute atomic E-state index is 0.0731. The standard InChI is InChI=1S/C29H24FN7O2/c1-15(2)29(38)33-20-9-18(13-31-14-20)16-4-5-24-23(11-16)26(37-36-24)28-34-25-22(6-7-32-27(25)35-28)17-8-19(30)12-21(10-17)39-3/h4-15H,1-3H3,(H,33,38)(H,36,37)(H,32,34,35). The average molecular weight is 522 g/mol. The highest BCUT2D eigenvalue weighted by Gasteiger charge is 2.17. The lowest BCUT2D eigenvalue weighted by atomic mass is 10.0. The Morgan fingerprint density at radius 2 is 1.90 bits per heavy atom. The highest BCUT2D eigenvalue weighted by Crippen LogP contribution is 2.34. The second-order valence-electron chi connectivity index (χ2n) is 9.46. The Bertz CT molecular complexity index is 1860. The number of H-pyrrole nitrogens is 2. The van der Waals surface area contributed by atoms with Crippen molar-refractivity contribution in [1.82, 2.24) is 30.1 Å². The number of rotatable bonds is 6. The summed E-state index contributed by atoms with van der Waals surface area (Å²) in [4.78, 5) is 28.9. The fourth-order valence-electron chi connectivity index (χ4n) is 4.42. The number of carbonyl (C=O) groups is 1. The first-order valence-electron chi connectivity index (χ1n) is 12.3. The number of pyridine rings is 2. The molecular weight excluding hydrogens is 497 g/mol. The Balaban J connectivity index is 1.41. The van der Waals surface area contributed by atoms with E-state index in [-0.39, 0.29) is 11.8 Å². The molecule has 0 radical (unpaired) electrons. The second kappa shape index (κ2) is 9.64. The summed E-state index contributed by atoms with van der Waals surface area (Å²) in [5.74, 6) is 0.321. The number of hydrogen-bond acceptors (Lipinski definition) is 6. The maximum absolute atomic E-state index is 14.2. The third-order valence-electron chi connectivity index (χ3n) is 6.45. The van der Waals surface area contributed by atoms with Crippen LogP contribution in [0.25, 0.3) is 55.8 Å². The van der Waals surface area contributed by atoms with Crippen LogP contribution >= 0.6 is 0 Å². The third kappa shape index (κ3) is 4.56. The van der Waals surface area contributed by atoms with Gasteiger partial charge in [-0.1, -0.05) is 19.9 Å². The molecule has 194 valence electrons. The lowest BCUT2D eigenvalue weighted by Gasteiger charge is -2.09. The number of imidazole rings is 1. The number of benzene rings is 2. The molecule has 3 N–H and O–H groups in total. The smallest absolute Gasteiger partial charge is 0.226 e. The van der Waals surface area contributed by atoms with Crippen LogP contribution in [-0.2, 0) is 4.79 Å². The molecule has 0 bridgehead atoms. The monoisotopic (exact) mass is 521 g/mol. The Morgan fingerprint density at radius 1 is 1.03 bits per heavy atom. The summed E-state index contributed by atoms with van der Waals surface area (Å²) in [5.41, 5.74) is 6.30. The van der Waals surface area contributed by atoms with Gasteiger partial charge in [0.15, 0.2) is 11.5 Å². The number of ether oxygens (including phenoxy) is 1. The summed E-state index contributed by atoms with van der Waals surface area (Å²) in [6.45, 7) is 3.68. The van der Waals surface area contributed by atoms with Gasteiger partial charge in [-0.05, 0) is 47.5 Å². The summed E-state index contributed by atoms with van der Waals surface area (Å²) in [6.07, 6.45) is 5.02. The summed E-state index contributed by atoms with van der Waals surface area (Å²) in [6, 6.07) is 14.1. The number of carbonyl (C=O) groups excluding carboxylic acids is 1. The SMILES string of the molecule is COc1cc(F)cc(-c2ccnc3[nH]c(-c4n[nH]c5ccc(-c6cncc(NC(=O)C(C)C)c6)cc45)nc23)c1. The van der Waals surface area contributed by atoms with Gasteiger partial charge in [0.2, 0.25) is 5.91 Å². The Morgan fingerprint density at radius 3 is 2.72 bits per heavy atom. The van der Waals surface area contributed by atoms with E-state index in [1.54, 1.807) is 30.7 Å². The van der Waals surface area contributed by atoms with E-state index >= 15 is 0 Å². The van der Waals surface area contributed by atoms with Crippen LogP contribution in [0, 0.1) is 11.7 Å². The fourth-order valence-corrected chi connectivity index (χ4v) is 4.42. The number of aromatic amines is 2. The van der Waals surface area contributed by atoms with Gasteiger partial charge in [-0.3, -0.25) is 14.9 Å². The molecule has 6 aromatic rings. The van der Waals surface area contributed by atoms with E-state index in [2.05, 4.69) is 30.5 Å². The lowest BCUT2D eigenvalue weighted by molar-refractivity contribution is -0.118. The molecule has 10 heteroatoms. The molecule has 0 fully saturated rings. The summed E-state index contributed by atoms with van der Waals surface area (Å²) in [7, 11) is 1.50. The van der Waals surface area contributed by atoms with Crippen molar-refractivity contribution in [1.29, 1.82) is 0 Å². The maximum atomic E-state index is 14.2. The molecule has 0 spiro atoms. The Kier molecular flexibility index (Phi) is 5.99. The van der Waals surface area contributed by atoms with Gasteiger partial charge in [-0.2, -0.15) is 5.10 Å². The highest BCUT2D eigenvalue weighted by molar-refractivity contribution is 5.98. The number of methoxy groups -OCH3 is 1. The van der Waals surface area contributed by atoms with E-state index in [1.807, 2.05) is 38.1 Å². The van der Waals surface area contributed by atoms with Crippen LogP contribution in [0.3, 0.4) is 0 Å². The van der Waals surface area contributed by atoms with Crippen molar-refractivity contribution in [3.8, 4) is 39.5 Å². The van der Waals surface area contributed by atoms with Gasteiger partial charge in [0, 0.05) is 40.9 Å². The molecule has 39 heavy (non-hydrogen) atoms. The summed E-state index contributed by atoms with van der Waals surface area (Å²) >= 11 is 0. The second-order valence-corrected chi connectivity index (χ2v) is 9.46. The molecule has 6 rings (SSSR count). The molecule has 0 atom stereocenters. The first-order chi connectivity index (χ1) is 18.9. The number of amides is 1. The van der Waals surface area contributed by atoms with Crippen molar-refractivity contribution < 1.29 is 13.9 Å². The highest BCUT2D eigenvalue weighted by atomic mass is 19.1. The normalized spacial score (nSPS) is 11.4. The van der Waals surface area contributed by atoms with Crippen LogP contribution in [0.4, 0.5) is 10.1 Å². The van der Waals surface area contributed by atoms with Gasteiger partial charge in [-0.25, -0.2) is 14.4 Å². The van der Waals surface area contributed by atoms with Gasteiger partial charge < -0.3 is 15.0 Å². The van der Waals surface area contributed by atoms with Crippen LogP contribution in [0.15, 0.2) is 67.1 Å². The summed E-state index contributed by atoms with van der Waals surface area (Å²) in [5, 5.41) is 11.3. The topological polar surface area (TPSA) is 121 Å². The molecule has 4 aromatic heterocycles. The zero-order chi connectivity index (χ0) is 27.1. The number of fused-ring (bicyclic) bond motifs is 2. The zero-order valence-corrected chi connectivity index (χ0v) is 21.4. The first kappa shape index (κ1) is 24.2. The van der Waals surface area contributed by atoms with Gasteiger partial charge >= 0.3 is 0 Å². The van der Waals surface area contributed by atoms with Crippen LogP contribution in [0.5, 0.6) is 5.75 Å². The van der Waals surface area contributed by atoms with E-state index < -0.39 is 5.82 Å².